The average molecular weight is 321 g/mol. The van der Waals surface area contributed by atoms with E-state index >= 15 is 0 Å². The van der Waals surface area contributed by atoms with Gasteiger partial charge in [-0.15, -0.1) is 0 Å². The van der Waals surface area contributed by atoms with E-state index in [-0.39, 0.29) is 12.3 Å². The quantitative estimate of drug-likeness (QED) is 0.819. The maximum Gasteiger partial charge on any atom is 0.416 e. The van der Waals surface area contributed by atoms with Crippen molar-refractivity contribution in [1.29, 1.82) is 0 Å². The molecule has 0 saturated carbocycles. The number of alkyl halides is 3. The summed E-state index contributed by atoms with van der Waals surface area (Å²) in [5, 5.41) is 11.0. The number of hydrogen-bond acceptors (Lipinski definition) is 2. The van der Waals surface area contributed by atoms with E-state index in [4.69, 9.17) is 5.11 Å². The lowest BCUT2D eigenvalue weighted by molar-refractivity contribution is -0.140. The van der Waals surface area contributed by atoms with E-state index in [2.05, 4.69) is 0 Å². The van der Waals surface area contributed by atoms with Gasteiger partial charge in [0, 0.05) is 0 Å². The number of carboxylic acids is 1. The number of carboxylic acid groups (broad SMARTS) is 1. The highest BCUT2D eigenvalue weighted by Gasteiger charge is 2.32. The summed E-state index contributed by atoms with van der Waals surface area (Å²) >= 11 is 0. The summed E-state index contributed by atoms with van der Waals surface area (Å²) in [4.78, 5) is 22.9. The van der Waals surface area contributed by atoms with Crippen molar-refractivity contribution >= 4 is 11.9 Å². The van der Waals surface area contributed by atoms with E-state index in [1.165, 1.54) is 0 Å². The third kappa shape index (κ3) is 4.71. The van der Waals surface area contributed by atoms with Crippen LogP contribution in [0.25, 0.3) is 0 Å². The first-order valence-electron chi connectivity index (χ1n) is 6.42. The second kappa shape index (κ2) is 6.76. The Morgan fingerprint density at radius 3 is 2.32 bits per heavy atom. The van der Waals surface area contributed by atoms with Gasteiger partial charge in [-0.3, -0.25) is 4.79 Å². The first-order valence-corrected chi connectivity index (χ1v) is 6.42. The smallest absolute Gasteiger partial charge is 0.416 e. The molecule has 2 N–H and O–H groups in total. The van der Waals surface area contributed by atoms with Gasteiger partial charge in [-0.25, -0.2) is 9.18 Å². The number of aliphatic carboxylic acids is 1. The van der Waals surface area contributed by atoms with Crippen molar-refractivity contribution in [1.82, 2.24) is 5.32 Å². The molecule has 0 unspecified atom stereocenters. The highest BCUT2D eigenvalue weighted by molar-refractivity contribution is 5.97. The van der Waals surface area contributed by atoms with Crippen LogP contribution in [-0.2, 0) is 11.0 Å². The van der Waals surface area contributed by atoms with Crippen molar-refractivity contribution in [2.75, 3.05) is 0 Å². The van der Waals surface area contributed by atoms with Crippen molar-refractivity contribution in [3.8, 4) is 0 Å². The predicted molar refractivity (Wildman–Crippen MR) is 69.7 cm³/mol. The third-order valence-corrected chi connectivity index (χ3v) is 2.85. The normalized spacial score (nSPS) is 13.0. The van der Waals surface area contributed by atoms with Gasteiger partial charge in [-0.1, -0.05) is 13.8 Å². The van der Waals surface area contributed by atoms with Crippen molar-refractivity contribution in [2.24, 2.45) is 5.92 Å². The van der Waals surface area contributed by atoms with Crippen molar-refractivity contribution < 1.29 is 32.3 Å². The molecular weight excluding hydrogens is 306 g/mol. The molecule has 1 atom stereocenters. The fourth-order valence-electron chi connectivity index (χ4n) is 1.80. The molecule has 22 heavy (non-hydrogen) atoms. The fourth-order valence-corrected chi connectivity index (χ4v) is 1.80. The zero-order valence-corrected chi connectivity index (χ0v) is 11.9. The number of benzene rings is 1. The Bertz CT molecular complexity index is 570. The fraction of sp³-hybridized carbons (Fsp3) is 0.429. The van der Waals surface area contributed by atoms with Gasteiger partial charge in [0.2, 0.25) is 0 Å². The number of halogens is 4. The molecule has 8 heteroatoms. The summed E-state index contributed by atoms with van der Waals surface area (Å²) in [5.74, 6) is -3.77. The number of hydrogen-bond donors (Lipinski definition) is 2. The minimum absolute atomic E-state index is 0.0711. The molecule has 0 spiro atoms. The maximum atomic E-state index is 13.5. The van der Waals surface area contributed by atoms with Crippen LogP contribution in [0.15, 0.2) is 18.2 Å². The molecule has 0 aliphatic heterocycles. The number of carbonyl (C=O) groups is 2. The molecule has 0 aliphatic rings. The van der Waals surface area contributed by atoms with Crippen LogP contribution < -0.4 is 5.32 Å². The molecule has 0 aromatic heterocycles. The Labute approximate surface area is 124 Å². The second-order valence-corrected chi connectivity index (χ2v) is 5.19. The molecule has 0 radical (unpaired) electrons. The lowest BCUT2D eigenvalue weighted by Gasteiger charge is -2.17. The summed E-state index contributed by atoms with van der Waals surface area (Å²) in [5.41, 5.74) is -2.03. The Morgan fingerprint density at radius 1 is 1.27 bits per heavy atom. The molecule has 0 heterocycles. The molecule has 0 bridgehead atoms. The highest BCUT2D eigenvalue weighted by atomic mass is 19.4. The van der Waals surface area contributed by atoms with E-state index in [0.717, 1.165) is 0 Å². The molecule has 122 valence electrons. The SMILES string of the molecule is CC(C)C[C@@H](NC(=O)c1cc(C(F)(F)F)ccc1F)C(=O)O. The lowest BCUT2D eigenvalue weighted by Crippen LogP contribution is -2.42. The molecule has 4 nitrogen and oxygen atoms in total. The van der Waals surface area contributed by atoms with E-state index < -0.39 is 41.0 Å². The van der Waals surface area contributed by atoms with Gasteiger partial charge in [0.1, 0.15) is 11.9 Å². The van der Waals surface area contributed by atoms with Gasteiger partial charge in [0.05, 0.1) is 11.1 Å². The lowest BCUT2D eigenvalue weighted by atomic mass is 10.0. The van der Waals surface area contributed by atoms with Gasteiger partial charge in [-0.05, 0) is 30.5 Å². The summed E-state index contributed by atoms with van der Waals surface area (Å²) < 4.78 is 51.3. The summed E-state index contributed by atoms with van der Waals surface area (Å²) in [7, 11) is 0. The van der Waals surface area contributed by atoms with Crippen molar-refractivity contribution in [3.05, 3.63) is 35.1 Å². The third-order valence-electron chi connectivity index (χ3n) is 2.85. The van der Waals surface area contributed by atoms with Crippen LogP contribution in [-0.4, -0.2) is 23.0 Å². The van der Waals surface area contributed by atoms with E-state index in [0.29, 0.717) is 18.2 Å². The minimum atomic E-state index is -4.73. The summed E-state index contributed by atoms with van der Waals surface area (Å²) in [6, 6.07) is 0.0885. The maximum absolute atomic E-state index is 13.5. The zero-order chi connectivity index (χ0) is 17.1. The Kier molecular flexibility index (Phi) is 5.51. The first-order chi connectivity index (χ1) is 10.0. The predicted octanol–water partition coefficient (Wildman–Crippen LogP) is 3.07. The monoisotopic (exact) mass is 321 g/mol. The van der Waals surface area contributed by atoms with Crippen LogP contribution in [0.1, 0.15) is 36.2 Å². The molecule has 1 rings (SSSR count). The summed E-state index contributed by atoms with van der Waals surface area (Å²) in [6.45, 7) is 3.43. The average Bonchev–Trinajstić information content (AvgIpc) is 2.36. The Morgan fingerprint density at radius 2 is 1.86 bits per heavy atom. The van der Waals surface area contributed by atoms with Gasteiger partial charge in [-0.2, -0.15) is 13.2 Å². The van der Waals surface area contributed by atoms with Crippen LogP contribution in [0.3, 0.4) is 0 Å². The van der Waals surface area contributed by atoms with Crippen LogP contribution >= 0.6 is 0 Å². The van der Waals surface area contributed by atoms with Crippen LogP contribution in [0.4, 0.5) is 17.6 Å². The van der Waals surface area contributed by atoms with E-state index in [9.17, 15) is 27.2 Å². The van der Waals surface area contributed by atoms with Crippen molar-refractivity contribution in [2.45, 2.75) is 32.5 Å². The van der Waals surface area contributed by atoms with Gasteiger partial charge in [0.25, 0.3) is 5.91 Å². The van der Waals surface area contributed by atoms with Crippen LogP contribution in [0.2, 0.25) is 0 Å². The zero-order valence-electron chi connectivity index (χ0n) is 11.9. The van der Waals surface area contributed by atoms with Crippen molar-refractivity contribution in [3.63, 3.8) is 0 Å². The largest absolute Gasteiger partial charge is 0.480 e. The van der Waals surface area contributed by atoms with Gasteiger partial charge in [0.15, 0.2) is 0 Å². The molecule has 1 aromatic carbocycles. The number of nitrogens with one attached hydrogen (secondary N) is 1. The molecule has 0 aliphatic carbocycles. The molecule has 1 amide bonds. The van der Waals surface area contributed by atoms with E-state index in [1.807, 2.05) is 5.32 Å². The second-order valence-electron chi connectivity index (χ2n) is 5.19. The molecule has 0 fully saturated rings. The minimum Gasteiger partial charge on any atom is -0.480 e. The Hall–Kier alpha value is -2.12. The van der Waals surface area contributed by atoms with E-state index in [1.54, 1.807) is 13.8 Å². The molecule has 0 saturated heterocycles. The van der Waals surface area contributed by atoms with Crippen LogP contribution in [0.5, 0.6) is 0 Å². The summed E-state index contributed by atoms with van der Waals surface area (Å²) in [6.07, 6.45) is -4.66. The Balaban J connectivity index is 3.04. The number of rotatable bonds is 5. The molecule has 1 aromatic rings. The standard InChI is InChI=1S/C14H15F4NO3/c1-7(2)5-11(13(21)22)19-12(20)9-6-8(14(16,17)18)3-4-10(9)15/h3-4,6-7,11H,5H2,1-2H3,(H,19,20)(H,21,22)/t11-/m1/s1. The number of carbonyl (C=O) groups excluding carboxylic acids is 1. The first kappa shape index (κ1) is 17.9. The van der Waals surface area contributed by atoms with Gasteiger partial charge < -0.3 is 10.4 Å². The van der Waals surface area contributed by atoms with Gasteiger partial charge >= 0.3 is 12.1 Å². The topological polar surface area (TPSA) is 66.4 Å². The van der Waals surface area contributed by atoms with Crippen LogP contribution in [0, 0.1) is 11.7 Å². The number of amides is 1. The molecular formula is C14H15F4NO3. The highest BCUT2D eigenvalue weighted by Crippen LogP contribution is 2.30.